The number of sulfone groups is 2. The molecule has 0 amide bonds. The maximum atomic E-state index is 13.6. The summed E-state index contributed by atoms with van der Waals surface area (Å²) in [5.74, 6) is -6.31. The molecule has 4 aromatic rings. The Kier molecular flexibility index (Phi) is 17.4. The van der Waals surface area contributed by atoms with Gasteiger partial charge in [-0.15, -0.1) is 23.5 Å². The van der Waals surface area contributed by atoms with E-state index in [0.717, 1.165) is 37.1 Å². The van der Waals surface area contributed by atoms with Crippen LogP contribution in [-0.4, -0.2) is 76.1 Å². The van der Waals surface area contributed by atoms with Gasteiger partial charge >= 0.3 is 11.9 Å². The van der Waals surface area contributed by atoms with Crippen LogP contribution in [0.25, 0.3) is 0 Å². The largest absolute Gasteiger partial charge is 0.476 e. The molecule has 2 N–H and O–H groups in total. The van der Waals surface area contributed by atoms with Crippen molar-refractivity contribution < 1.29 is 54.9 Å². The normalized spacial score (nSPS) is 20.1. The van der Waals surface area contributed by atoms with E-state index in [2.05, 4.69) is 13.8 Å². The lowest BCUT2D eigenvalue weighted by atomic mass is 9.82. The fraction of sp³-hybridized carbons (Fsp3) is 0.375. The third kappa shape index (κ3) is 11.9. The van der Waals surface area contributed by atoms with E-state index in [1.54, 1.807) is 24.6 Å². The Labute approximate surface area is 394 Å². The van der Waals surface area contributed by atoms with E-state index >= 15 is 0 Å². The van der Waals surface area contributed by atoms with Crippen molar-refractivity contribution in [1.29, 1.82) is 0 Å². The Bertz CT molecular complexity index is 2480. The maximum absolute atomic E-state index is 13.6. The number of anilines is 4. The summed E-state index contributed by atoms with van der Waals surface area (Å²) >= 11 is 2.61. The molecular formula is C48H56F2N2O10S4. The van der Waals surface area contributed by atoms with Crippen molar-refractivity contribution in [1.82, 2.24) is 0 Å². The number of hydrogen-bond acceptors (Lipinski definition) is 12. The second kappa shape index (κ2) is 22.2. The van der Waals surface area contributed by atoms with Crippen molar-refractivity contribution >= 4 is 77.9 Å². The van der Waals surface area contributed by atoms with Crippen molar-refractivity contribution in [2.75, 3.05) is 46.9 Å². The zero-order valence-corrected chi connectivity index (χ0v) is 41.0. The second-order valence-electron chi connectivity index (χ2n) is 16.3. The van der Waals surface area contributed by atoms with Gasteiger partial charge in [-0.2, -0.15) is 8.78 Å². The number of nitrogens with zero attached hydrogens (tertiary/aromatic N) is 2. The van der Waals surface area contributed by atoms with Crippen LogP contribution in [0.2, 0.25) is 0 Å². The Morgan fingerprint density at radius 3 is 1.27 bits per heavy atom. The third-order valence-corrected chi connectivity index (χ3v) is 17.4. The minimum absolute atomic E-state index is 0.0158. The average Bonchev–Trinajstić information content (AvgIpc) is 3.46. The zero-order chi connectivity index (χ0) is 48.5. The first-order valence-corrected chi connectivity index (χ1v) is 27.1. The summed E-state index contributed by atoms with van der Waals surface area (Å²) in [5, 5.41) is 17.5. The highest BCUT2D eigenvalue weighted by Crippen LogP contribution is 2.49. The number of hydrogen-bond donors (Lipinski definition) is 2. The van der Waals surface area contributed by atoms with Gasteiger partial charge in [0.05, 0.1) is 42.5 Å². The number of carboxylic acids is 2. The molecule has 66 heavy (non-hydrogen) atoms. The van der Waals surface area contributed by atoms with E-state index in [1.165, 1.54) is 35.7 Å². The number of para-hydroxylation sites is 2. The molecule has 0 aliphatic carbocycles. The number of thioether (sulfide) groups is 2. The summed E-state index contributed by atoms with van der Waals surface area (Å²) < 4.78 is 92.2. The van der Waals surface area contributed by atoms with Crippen LogP contribution in [-0.2, 0) is 29.3 Å². The number of halogens is 2. The van der Waals surface area contributed by atoms with Crippen molar-refractivity contribution in [2.24, 2.45) is 10.8 Å². The molecule has 2 aliphatic heterocycles. The minimum atomic E-state index is -3.73. The lowest BCUT2D eigenvalue weighted by Gasteiger charge is -2.36. The lowest BCUT2D eigenvalue weighted by Crippen LogP contribution is -2.37. The maximum Gasteiger partial charge on any atom is 0.368 e. The number of ether oxygens (including phenoxy) is 2. The quantitative estimate of drug-likeness (QED) is 0.0618. The molecule has 356 valence electrons. The van der Waals surface area contributed by atoms with Gasteiger partial charge in [0.25, 0.3) is 0 Å². The van der Waals surface area contributed by atoms with Gasteiger partial charge in [0.15, 0.2) is 19.7 Å². The molecule has 2 aliphatic rings. The second-order valence-corrected chi connectivity index (χ2v) is 21.9. The van der Waals surface area contributed by atoms with Crippen molar-refractivity contribution in [2.45, 2.75) is 85.8 Å². The van der Waals surface area contributed by atoms with Crippen molar-refractivity contribution in [3.05, 3.63) is 109 Å². The van der Waals surface area contributed by atoms with Crippen molar-refractivity contribution in [3.8, 4) is 11.5 Å². The van der Waals surface area contributed by atoms with Gasteiger partial charge in [0.2, 0.25) is 11.7 Å². The Morgan fingerprint density at radius 1 is 0.636 bits per heavy atom. The number of carbonyl (C=O) groups is 2. The molecule has 0 bridgehead atoms. The van der Waals surface area contributed by atoms with Gasteiger partial charge < -0.3 is 29.5 Å². The van der Waals surface area contributed by atoms with Gasteiger partial charge in [0.1, 0.15) is 24.0 Å². The fourth-order valence-electron chi connectivity index (χ4n) is 8.53. The molecule has 0 spiro atoms. The van der Waals surface area contributed by atoms with E-state index in [9.17, 15) is 35.2 Å². The molecule has 2 heterocycles. The summed E-state index contributed by atoms with van der Waals surface area (Å²) in [6, 6.07) is 25.5. The number of benzene rings is 4. The number of carboxylic acid groups (broad SMARTS) is 2. The molecule has 0 radical (unpaired) electrons. The highest BCUT2D eigenvalue weighted by Gasteiger charge is 2.43. The van der Waals surface area contributed by atoms with Gasteiger partial charge in [0, 0.05) is 47.4 Å². The SMILES string of the molecule is CCC[C@@]1(CC)CN(c2ccccc2)c2cc(SC)c(O/C=C(\F)C(=O)O)cc2S(=O)(=O)C1.CCC[C@]1(CC)CN(c2ccccc2)c2cc(SC)c(O/C=C(\F)C(=O)O)cc2S(=O)(=O)C1. The van der Waals surface area contributed by atoms with Crippen LogP contribution in [0.15, 0.2) is 129 Å². The van der Waals surface area contributed by atoms with Gasteiger partial charge in [-0.1, -0.05) is 76.9 Å². The predicted molar refractivity (Wildman–Crippen MR) is 258 cm³/mol. The van der Waals surface area contributed by atoms with E-state index in [-0.39, 0.29) is 32.8 Å². The summed E-state index contributed by atoms with van der Waals surface area (Å²) in [7, 11) is -7.45. The van der Waals surface area contributed by atoms with Crippen LogP contribution in [0, 0.1) is 10.8 Å². The Hall–Kier alpha value is -5.04. The Morgan fingerprint density at radius 2 is 0.985 bits per heavy atom. The molecule has 6 rings (SSSR count). The number of rotatable bonds is 16. The van der Waals surface area contributed by atoms with E-state index in [4.69, 9.17) is 19.7 Å². The summed E-state index contributed by atoms with van der Waals surface area (Å²) in [6.45, 7) is 9.22. The topological polar surface area (TPSA) is 168 Å². The standard InChI is InChI=1S/2C24H28FNO5S2/c2*1-4-11-24(5-2)15-26(17-9-7-6-8-10-17)19-12-21(32-3)20(31-14-18(25)23(27)28)13-22(19)33(29,30)16-24/h2*6-10,12-14H,4-5,11,15-16H2,1-3H3,(H,27,28)/b2*18-14-/t2*24-/m10/s1. The smallest absolute Gasteiger partial charge is 0.368 e. The molecule has 0 saturated carbocycles. The molecule has 0 unspecified atom stereocenters. The average molecular weight is 987 g/mol. The van der Waals surface area contributed by atoms with Crippen LogP contribution < -0.4 is 19.3 Å². The monoisotopic (exact) mass is 986 g/mol. The molecule has 18 heteroatoms. The Balaban J connectivity index is 0.000000247. The molecule has 0 saturated heterocycles. The third-order valence-electron chi connectivity index (χ3n) is 11.9. The summed E-state index contributed by atoms with van der Waals surface area (Å²) in [5.41, 5.74) is 1.93. The van der Waals surface area contributed by atoms with Crippen LogP contribution in [0.1, 0.15) is 66.2 Å². The van der Waals surface area contributed by atoms with Crippen LogP contribution in [0.4, 0.5) is 31.5 Å². The van der Waals surface area contributed by atoms with E-state index in [1.807, 2.05) is 84.3 Å². The molecule has 0 aromatic heterocycles. The van der Waals surface area contributed by atoms with Crippen molar-refractivity contribution in [3.63, 3.8) is 0 Å². The zero-order valence-electron chi connectivity index (χ0n) is 37.8. The number of aliphatic carboxylic acids is 2. The predicted octanol–water partition coefficient (Wildman–Crippen LogP) is 11.6. The highest BCUT2D eigenvalue weighted by molar-refractivity contribution is 7.99. The first-order valence-electron chi connectivity index (χ1n) is 21.4. The molecule has 12 nitrogen and oxygen atoms in total. The first kappa shape index (κ1) is 51.9. The molecular weight excluding hydrogens is 931 g/mol. The van der Waals surface area contributed by atoms with Gasteiger partial charge in [-0.3, -0.25) is 0 Å². The molecule has 0 fully saturated rings. The summed E-state index contributed by atoms with van der Waals surface area (Å²) in [6.07, 6.45) is 9.15. The van der Waals surface area contributed by atoms with Crippen LogP contribution in [0.5, 0.6) is 11.5 Å². The lowest BCUT2D eigenvalue weighted by molar-refractivity contribution is -0.135. The van der Waals surface area contributed by atoms with Gasteiger partial charge in [-0.25, -0.2) is 26.4 Å². The minimum Gasteiger partial charge on any atom is -0.476 e. The summed E-state index contributed by atoms with van der Waals surface area (Å²) in [4.78, 5) is 27.0. The van der Waals surface area contributed by atoms with E-state index in [0.29, 0.717) is 59.6 Å². The molecule has 2 atom stereocenters. The van der Waals surface area contributed by atoms with Crippen LogP contribution >= 0.6 is 23.5 Å². The van der Waals surface area contributed by atoms with E-state index < -0.39 is 54.1 Å². The highest BCUT2D eigenvalue weighted by atomic mass is 32.2. The molecule has 4 aromatic carbocycles. The van der Waals surface area contributed by atoms with Gasteiger partial charge in [-0.05, 0) is 74.6 Å². The first-order chi connectivity index (χ1) is 31.3. The number of fused-ring (bicyclic) bond motifs is 2. The fourth-order valence-corrected chi connectivity index (χ4v) is 14.0. The van der Waals surface area contributed by atoms with Crippen LogP contribution in [0.3, 0.4) is 0 Å².